The smallest absolute Gasteiger partial charge is 0.221 e. The quantitative estimate of drug-likeness (QED) is 0.820. The number of amides is 1. The summed E-state index contributed by atoms with van der Waals surface area (Å²) in [5, 5.41) is 6.56. The molecule has 3 rings (SSSR count). The predicted octanol–water partition coefficient (Wildman–Crippen LogP) is 2.94. The minimum Gasteiger partial charge on any atom is -0.355 e. The number of carbonyl (C=O) groups is 1. The Morgan fingerprint density at radius 3 is 2.77 bits per heavy atom. The molecule has 2 fully saturated rings. The number of hydrogen-bond donors (Lipinski definition) is 2. The fourth-order valence-corrected chi connectivity index (χ4v) is 4.69. The Kier molecular flexibility index (Phi) is 6.93. The standard InChI is InChI=1S/C16H22N2OS2.ClH/c19-15(10-13-11-20-9-8-17-13)18-12-16(6-7-16)21-14-4-2-1-3-5-14;/h1-5,13,17H,6-12H2,(H,18,19);1H. The highest BCUT2D eigenvalue weighted by molar-refractivity contribution is 8.01. The van der Waals surface area contributed by atoms with Crippen molar-refractivity contribution in [2.75, 3.05) is 24.6 Å². The van der Waals surface area contributed by atoms with Crippen LogP contribution in [0.1, 0.15) is 19.3 Å². The summed E-state index contributed by atoms with van der Waals surface area (Å²) in [5.41, 5.74) is 0. The van der Waals surface area contributed by atoms with Gasteiger partial charge in [0.2, 0.25) is 5.91 Å². The fraction of sp³-hybridized carbons (Fsp3) is 0.562. The summed E-state index contributed by atoms with van der Waals surface area (Å²) in [4.78, 5) is 13.4. The first-order chi connectivity index (χ1) is 10.3. The highest BCUT2D eigenvalue weighted by atomic mass is 35.5. The van der Waals surface area contributed by atoms with E-state index < -0.39 is 0 Å². The van der Waals surface area contributed by atoms with Crippen LogP contribution >= 0.6 is 35.9 Å². The number of halogens is 1. The molecular weight excluding hydrogens is 336 g/mol. The average molecular weight is 359 g/mol. The maximum Gasteiger partial charge on any atom is 0.221 e. The van der Waals surface area contributed by atoms with Gasteiger partial charge in [0.15, 0.2) is 0 Å². The second-order valence-electron chi connectivity index (χ2n) is 5.80. The molecule has 2 N–H and O–H groups in total. The van der Waals surface area contributed by atoms with Gasteiger partial charge in [-0.15, -0.1) is 24.2 Å². The number of rotatable bonds is 6. The summed E-state index contributed by atoms with van der Waals surface area (Å²) < 4.78 is 0.242. The number of benzene rings is 1. The van der Waals surface area contributed by atoms with Crippen LogP contribution in [0.15, 0.2) is 35.2 Å². The van der Waals surface area contributed by atoms with Crippen LogP contribution in [0.3, 0.4) is 0 Å². The summed E-state index contributed by atoms with van der Waals surface area (Å²) in [6, 6.07) is 10.8. The highest BCUT2D eigenvalue weighted by Crippen LogP contribution is 2.51. The Labute approximate surface area is 147 Å². The van der Waals surface area contributed by atoms with Gasteiger partial charge >= 0.3 is 0 Å². The van der Waals surface area contributed by atoms with Crippen LogP contribution in [0, 0.1) is 0 Å². The molecule has 1 atom stereocenters. The molecule has 1 aliphatic heterocycles. The van der Waals surface area contributed by atoms with Crippen molar-refractivity contribution in [1.29, 1.82) is 0 Å². The van der Waals surface area contributed by atoms with E-state index in [2.05, 4.69) is 34.9 Å². The Hall–Kier alpha value is -0.360. The molecule has 1 heterocycles. The average Bonchev–Trinajstić information content (AvgIpc) is 3.27. The maximum absolute atomic E-state index is 12.1. The summed E-state index contributed by atoms with van der Waals surface area (Å²) >= 11 is 3.85. The zero-order valence-electron chi connectivity index (χ0n) is 12.5. The number of thioether (sulfide) groups is 2. The van der Waals surface area contributed by atoms with Crippen molar-refractivity contribution in [3.63, 3.8) is 0 Å². The predicted molar refractivity (Wildman–Crippen MR) is 98.3 cm³/mol. The molecule has 0 radical (unpaired) electrons. The molecule has 122 valence electrons. The molecule has 6 heteroatoms. The molecule has 1 amide bonds. The van der Waals surface area contributed by atoms with Crippen LogP contribution < -0.4 is 10.6 Å². The summed E-state index contributed by atoms with van der Waals surface area (Å²) in [7, 11) is 0. The maximum atomic E-state index is 12.1. The van der Waals surface area contributed by atoms with E-state index in [1.807, 2.05) is 29.6 Å². The zero-order valence-corrected chi connectivity index (χ0v) is 15.0. The summed E-state index contributed by atoms with van der Waals surface area (Å²) in [6.07, 6.45) is 3.01. The molecule has 1 saturated carbocycles. The summed E-state index contributed by atoms with van der Waals surface area (Å²) in [6.45, 7) is 1.82. The van der Waals surface area contributed by atoms with Crippen molar-refractivity contribution in [2.24, 2.45) is 0 Å². The molecule has 3 nitrogen and oxygen atoms in total. The minimum absolute atomic E-state index is 0. The monoisotopic (exact) mass is 358 g/mol. The lowest BCUT2D eigenvalue weighted by Crippen LogP contribution is -2.42. The van der Waals surface area contributed by atoms with Crippen molar-refractivity contribution in [2.45, 2.75) is 34.9 Å². The Morgan fingerprint density at radius 1 is 1.36 bits per heavy atom. The Bertz CT molecular complexity index is 476. The van der Waals surface area contributed by atoms with Gasteiger partial charge in [0.05, 0.1) is 0 Å². The van der Waals surface area contributed by atoms with E-state index in [4.69, 9.17) is 0 Å². The third kappa shape index (κ3) is 5.37. The molecule has 1 aromatic rings. The van der Waals surface area contributed by atoms with Gasteiger partial charge in [0.1, 0.15) is 0 Å². The molecule has 0 spiro atoms. The van der Waals surface area contributed by atoms with Crippen LogP contribution in [0.2, 0.25) is 0 Å². The SMILES string of the molecule is Cl.O=C(CC1CSCCN1)NCC1(Sc2ccccc2)CC1. The molecule has 1 saturated heterocycles. The van der Waals surface area contributed by atoms with E-state index in [9.17, 15) is 4.79 Å². The van der Waals surface area contributed by atoms with E-state index in [1.165, 1.54) is 17.7 Å². The first-order valence-corrected chi connectivity index (χ1v) is 9.55. The summed E-state index contributed by atoms with van der Waals surface area (Å²) in [5.74, 6) is 2.40. The van der Waals surface area contributed by atoms with Crippen LogP contribution in [0.25, 0.3) is 0 Å². The van der Waals surface area contributed by atoms with E-state index in [0.29, 0.717) is 12.5 Å². The van der Waals surface area contributed by atoms with Crippen molar-refractivity contribution in [3.05, 3.63) is 30.3 Å². The van der Waals surface area contributed by atoms with Gasteiger partial charge in [-0.1, -0.05) is 18.2 Å². The van der Waals surface area contributed by atoms with E-state index in [1.54, 1.807) is 0 Å². The van der Waals surface area contributed by atoms with E-state index >= 15 is 0 Å². The lowest BCUT2D eigenvalue weighted by atomic mass is 10.2. The fourth-order valence-electron chi connectivity index (χ4n) is 2.50. The highest BCUT2D eigenvalue weighted by Gasteiger charge is 2.43. The zero-order chi connectivity index (χ0) is 14.5. The second kappa shape index (κ2) is 8.48. The van der Waals surface area contributed by atoms with Crippen LogP contribution in [-0.4, -0.2) is 41.3 Å². The van der Waals surface area contributed by atoms with Crippen molar-refractivity contribution >= 4 is 41.8 Å². The van der Waals surface area contributed by atoms with Crippen molar-refractivity contribution in [3.8, 4) is 0 Å². The Balaban J connectivity index is 0.00000176. The van der Waals surface area contributed by atoms with Gasteiger partial charge < -0.3 is 10.6 Å². The molecular formula is C16H23ClN2OS2. The van der Waals surface area contributed by atoms with Gasteiger partial charge in [-0.05, 0) is 25.0 Å². The van der Waals surface area contributed by atoms with Crippen LogP contribution in [0.5, 0.6) is 0 Å². The van der Waals surface area contributed by atoms with Crippen molar-refractivity contribution < 1.29 is 4.79 Å². The van der Waals surface area contributed by atoms with Gasteiger partial charge in [0.25, 0.3) is 0 Å². The molecule has 0 bridgehead atoms. The molecule has 22 heavy (non-hydrogen) atoms. The molecule has 1 unspecified atom stereocenters. The molecule has 2 aliphatic rings. The number of nitrogens with one attached hydrogen (secondary N) is 2. The second-order valence-corrected chi connectivity index (χ2v) is 8.50. The van der Waals surface area contributed by atoms with Crippen LogP contribution in [0.4, 0.5) is 0 Å². The van der Waals surface area contributed by atoms with Crippen molar-refractivity contribution in [1.82, 2.24) is 10.6 Å². The lowest BCUT2D eigenvalue weighted by molar-refractivity contribution is -0.121. The molecule has 1 aromatic carbocycles. The third-order valence-corrected chi connectivity index (χ3v) is 6.55. The van der Waals surface area contributed by atoms with Gasteiger partial charge in [0, 0.05) is 46.7 Å². The Morgan fingerprint density at radius 2 is 2.14 bits per heavy atom. The van der Waals surface area contributed by atoms with Gasteiger partial charge in [-0.2, -0.15) is 11.8 Å². The van der Waals surface area contributed by atoms with Gasteiger partial charge in [-0.25, -0.2) is 0 Å². The first-order valence-electron chi connectivity index (χ1n) is 7.58. The number of hydrogen-bond acceptors (Lipinski definition) is 4. The lowest BCUT2D eigenvalue weighted by Gasteiger charge is -2.23. The van der Waals surface area contributed by atoms with Crippen LogP contribution in [-0.2, 0) is 4.79 Å². The first kappa shape index (κ1) is 18.0. The topological polar surface area (TPSA) is 41.1 Å². The van der Waals surface area contributed by atoms with E-state index in [0.717, 1.165) is 24.6 Å². The largest absolute Gasteiger partial charge is 0.355 e. The molecule has 0 aromatic heterocycles. The third-order valence-electron chi connectivity index (χ3n) is 3.92. The number of carbonyl (C=O) groups excluding carboxylic acids is 1. The normalized spacial score (nSPS) is 22.5. The molecule has 1 aliphatic carbocycles. The van der Waals surface area contributed by atoms with Gasteiger partial charge in [-0.3, -0.25) is 4.79 Å². The minimum atomic E-state index is 0. The van der Waals surface area contributed by atoms with E-state index in [-0.39, 0.29) is 23.1 Å².